The zero-order valence-corrected chi connectivity index (χ0v) is 16.8. The van der Waals surface area contributed by atoms with Gasteiger partial charge < -0.3 is 4.90 Å². The van der Waals surface area contributed by atoms with Crippen LogP contribution in [0.5, 0.6) is 0 Å². The van der Waals surface area contributed by atoms with E-state index in [9.17, 15) is 0 Å². The number of nitrogens with zero attached hydrogens (tertiary/aromatic N) is 1. The van der Waals surface area contributed by atoms with E-state index in [2.05, 4.69) is 46.1 Å². The third-order valence-corrected chi connectivity index (χ3v) is 4.86. The molecule has 0 rings (SSSR count). The topological polar surface area (TPSA) is 3.24 Å². The van der Waals surface area contributed by atoms with Gasteiger partial charge in [0.2, 0.25) is 0 Å². The first kappa shape index (κ1) is 22.4. The Kier molecular flexibility index (Phi) is 16.5. The van der Waals surface area contributed by atoms with Crippen LogP contribution < -0.4 is 0 Å². The fraction of sp³-hybridized carbons (Fsp3) is 1.00. The molecule has 0 saturated carbocycles. The van der Waals surface area contributed by atoms with Crippen molar-refractivity contribution < 1.29 is 0 Å². The van der Waals surface area contributed by atoms with Gasteiger partial charge in [0.25, 0.3) is 0 Å². The summed E-state index contributed by atoms with van der Waals surface area (Å²) in [6, 6.07) is 0. The van der Waals surface area contributed by atoms with Crippen molar-refractivity contribution >= 4 is 20.5 Å². The van der Waals surface area contributed by atoms with Crippen molar-refractivity contribution in [2.45, 2.75) is 90.8 Å². The molecular formula is C19H42BNS. The molecule has 0 bridgehead atoms. The Labute approximate surface area is 147 Å². The van der Waals surface area contributed by atoms with Crippen molar-refractivity contribution in [2.24, 2.45) is 5.92 Å². The van der Waals surface area contributed by atoms with Crippen LogP contribution in [0.2, 0.25) is 5.82 Å². The zero-order valence-electron chi connectivity index (χ0n) is 15.9. The summed E-state index contributed by atoms with van der Waals surface area (Å²) >= 11 is 4.46. The molecule has 2 atom stereocenters. The van der Waals surface area contributed by atoms with Gasteiger partial charge >= 0.3 is 0 Å². The molecule has 0 amide bonds. The average Bonchev–Trinajstić information content (AvgIpc) is 2.48. The third-order valence-electron chi connectivity index (χ3n) is 4.66. The van der Waals surface area contributed by atoms with Crippen molar-refractivity contribution in [3.63, 3.8) is 0 Å². The lowest BCUT2D eigenvalue weighted by molar-refractivity contribution is 0.237. The lowest BCUT2D eigenvalue weighted by Crippen LogP contribution is -2.33. The first-order valence-corrected chi connectivity index (χ1v) is 10.6. The molecule has 0 heterocycles. The third kappa shape index (κ3) is 14.0. The Balaban J connectivity index is 3.91. The maximum absolute atomic E-state index is 4.46. The van der Waals surface area contributed by atoms with E-state index in [1.807, 2.05) is 0 Å². The monoisotopic (exact) mass is 327 g/mol. The van der Waals surface area contributed by atoms with E-state index in [0.29, 0.717) is 0 Å². The van der Waals surface area contributed by atoms with Crippen LogP contribution in [0, 0.1) is 5.92 Å². The molecule has 0 aromatic carbocycles. The highest BCUT2D eigenvalue weighted by molar-refractivity contribution is 7.80. The number of thiol groups is 1. The van der Waals surface area contributed by atoms with E-state index in [1.54, 1.807) is 0 Å². The second-order valence-corrected chi connectivity index (χ2v) is 7.84. The molecule has 0 aromatic heterocycles. The van der Waals surface area contributed by atoms with Gasteiger partial charge in [-0.2, -0.15) is 12.6 Å². The molecule has 0 aliphatic carbocycles. The molecule has 0 aliphatic heterocycles. The van der Waals surface area contributed by atoms with E-state index >= 15 is 0 Å². The van der Waals surface area contributed by atoms with Gasteiger partial charge in [-0.3, -0.25) is 0 Å². The second kappa shape index (κ2) is 16.2. The maximum atomic E-state index is 4.46. The minimum Gasteiger partial charge on any atom is -0.303 e. The predicted octanol–water partition coefficient (Wildman–Crippen LogP) is 5.22. The molecule has 0 aromatic rings. The molecule has 0 fully saturated rings. The Morgan fingerprint density at radius 2 is 1.45 bits per heavy atom. The van der Waals surface area contributed by atoms with Gasteiger partial charge in [-0.25, -0.2) is 0 Å². The van der Waals surface area contributed by atoms with E-state index in [-0.39, 0.29) is 0 Å². The highest BCUT2D eigenvalue weighted by Crippen LogP contribution is 2.17. The Morgan fingerprint density at radius 3 is 2.00 bits per heavy atom. The van der Waals surface area contributed by atoms with Gasteiger partial charge in [-0.05, 0) is 18.9 Å². The summed E-state index contributed by atoms with van der Waals surface area (Å²) in [6.07, 6.45) is 14.0. The number of hydrogen-bond acceptors (Lipinski definition) is 2. The Morgan fingerprint density at radius 1 is 0.864 bits per heavy atom. The van der Waals surface area contributed by atoms with Crippen LogP contribution in [0.4, 0.5) is 0 Å². The van der Waals surface area contributed by atoms with E-state index in [0.717, 1.165) is 24.0 Å². The fourth-order valence-electron chi connectivity index (χ4n) is 3.30. The lowest BCUT2D eigenvalue weighted by Gasteiger charge is -2.28. The highest BCUT2D eigenvalue weighted by Gasteiger charge is 2.13. The average molecular weight is 327 g/mol. The molecule has 0 saturated heterocycles. The van der Waals surface area contributed by atoms with Gasteiger partial charge in [0.15, 0.2) is 0 Å². The first-order valence-electron chi connectivity index (χ1n) is 9.97. The van der Waals surface area contributed by atoms with Gasteiger partial charge in [0.1, 0.15) is 7.85 Å². The van der Waals surface area contributed by atoms with Crippen LogP contribution >= 0.6 is 12.6 Å². The standard InChI is InChI=1S/C19H42BNS/c1-4-6-8-10-12-18(3)16-21(14-15-22)17-19(20)13-11-9-7-5-2/h18-19,22H,4-17,20H2,1-3H3. The van der Waals surface area contributed by atoms with E-state index in [4.69, 9.17) is 0 Å². The summed E-state index contributed by atoms with van der Waals surface area (Å²) in [5.41, 5.74) is 0. The normalized spacial score (nSPS) is 14.4. The highest BCUT2D eigenvalue weighted by atomic mass is 32.1. The van der Waals surface area contributed by atoms with Crippen molar-refractivity contribution in [1.29, 1.82) is 0 Å². The predicted molar refractivity (Wildman–Crippen MR) is 109 cm³/mol. The van der Waals surface area contributed by atoms with E-state index < -0.39 is 0 Å². The Hall–Kier alpha value is 0.375. The van der Waals surface area contributed by atoms with Gasteiger partial charge in [0.05, 0.1) is 0 Å². The minimum atomic E-state index is 0.837. The van der Waals surface area contributed by atoms with Crippen LogP contribution in [-0.4, -0.2) is 38.1 Å². The van der Waals surface area contributed by atoms with Gasteiger partial charge in [-0.1, -0.05) is 84.4 Å². The molecular weight excluding hydrogens is 285 g/mol. The summed E-state index contributed by atoms with van der Waals surface area (Å²) in [4.78, 5) is 2.67. The van der Waals surface area contributed by atoms with Crippen LogP contribution in [0.25, 0.3) is 0 Å². The maximum Gasteiger partial charge on any atom is 0.107 e. The molecule has 0 aliphatic rings. The molecule has 22 heavy (non-hydrogen) atoms. The van der Waals surface area contributed by atoms with Crippen LogP contribution in [0.15, 0.2) is 0 Å². The summed E-state index contributed by atoms with van der Waals surface area (Å²) in [6.45, 7) is 10.7. The molecule has 0 spiro atoms. The van der Waals surface area contributed by atoms with Gasteiger partial charge in [0, 0.05) is 18.8 Å². The lowest BCUT2D eigenvalue weighted by atomic mass is 9.82. The molecule has 1 nitrogen and oxygen atoms in total. The first-order chi connectivity index (χ1) is 10.6. The molecule has 0 radical (unpaired) electrons. The fourth-order valence-corrected chi connectivity index (χ4v) is 3.58. The number of unbranched alkanes of at least 4 members (excludes halogenated alkanes) is 6. The Bertz CT molecular complexity index is 205. The summed E-state index contributed by atoms with van der Waals surface area (Å²) in [5.74, 6) is 2.67. The van der Waals surface area contributed by atoms with Crippen LogP contribution in [0.3, 0.4) is 0 Å². The van der Waals surface area contributed by atoms with Crippen molar-refractivity contribution in [3.05, 3.63) is 0 Å². The van der Waals surface area contributed by atoms with Crippen molar-refractivity contribution in [1.82, 2.24) is 4.90 Å². The molecule has 132 valence electrons. The summed E-state index contributed by atoms with van der Waals surface area (Å²) < 4.78 is 0. The van der Waals surface area contributed by atoms with Crippen LogP contribution in [-0.2, 0) is 0 Å². The second-order valence-electron chi connectivity index (χ2n) is 7.39. The van der Waals surface area contributed by atoms with Crippen molar-refractivity contribution in [3.8, 4) is 0 Å². The smallest absolute Gasteiger partial charge is 0.107 e. The van der Waals surface area contributed by atoms with Crippen molar-refractivity contribution in [2.75, 3.05) is 25.4 Å². The van der Waals surface area contributed by atoms with E-state index in [1.165, 1.54) is 77.3 Å². The SMILES string of the molecule is BC(CCCCCC)CN(CCS)CC(C)CCCCCC. The summed E-state index contributed by atoms with van der Waals surface area (Å²) in [7, 11) is 2.43. The quantitative estimate of drug-likeness (QED) is 0.231. The molecule has 3 heteroatoms. The van der Waals surface area contributed by atoms with Crippen LogP contribution in [0.1, 0.15) is 85.0 Å². The number of hydrogen-bond donors (Lipinski definition) is 1. The molecule has 0 N–H and O–H groups in total. The minimum absolute atomic E-state index is 0.837. The molecule has 2 unspecified atom stereocenters. The largest absolute Gasteiger partial charge is 0.303 e. The number of rotatable bonds is 16. The zero-order chi connectivity index (χ0) is 16.6. The van der Waals surface area contributed by atoms with Gasteiger partial charge in [-0.15, -0.1) is 0 Å². The summed E-state index contributed by atoms with van der Waals surface area (Å²) in [5, 5.41) is 0.